The number of hydrogen-bond acceptors (Lipinski definition) is 3. The van der Waals surface area contributed by atoms with Crippen molar-refractivity contribution in [2.45, 2.75) is 25.8 Å². The maximum absolute atomic E-state index is 11.6. The first kappa shape index (κ1) is 14.3. The lowest BCUT2D eigenvalue weighted by Gasteiger charge is -2.30. The van der Waals surface area contributed by atoms with E-state index in [9.17, 15) is 14.4 Å². The van der Waals surface area contributed by atoms with Crippen molar-refractivity contribution in [3.05, 3.63) is 12.7 Å². The molecule has 0 atom stereocenters. The van der Waals surface area contributed by atoms with Crippen LogP contribution in [-0.2, 0) is 9.59 Å². The molecule has 5 nitrogen and oxygen atoms in total. The summed E-state index contributed by atoms with van der Waals surface area (Å²) in [5.41, 5.74) is -1.48. The predicted molar refractivity (Wildman–Crippen MR) is 61.1 cm³/mol. The van der Waals surface area contributed by atoms with E-state index < -0.39 is 23.1 Å². The molecule has 0 saturated carbocycles. The molecule has 0 aliphatic carbocycles. The molecule has 0 aromatic carbocycles. The molecule has 0 radical (unpaired) electrons. The van der Waals surface area contributed by atoms with Crippen molar-refractivity contribution < 1.29 is 14.4 Å². The molecule has 0 rings (SSSR count). The first-order valence-electron chi connectivity index (χ1n) is 4.90. The normalized spacial score (nSPS) is 10.5. The van der Waals surface area contributed by atoms with E-state index in [1.807, 2.05) is 0 Å². The van der Waals surface area contributed by atoms with Gasteiger partial charge in [0.1, 0.15) is 0 Å². The number of carbonyl (C=O) groups excluding carboxylic acids is 3. The number of urea groups is 1. The number of nitrogens with zero attached hydrogens (tertiary/aromatic N) is 1. The molecule has 0 aliphatic heterocycles. The molecule has 0 aromatic heterocycles. The fourth-order valence-electron chi connectivity index (χ4n) is 1.27. The number of ketones is 2. The third kappa shape index (κ3) is 2.92. The SMILES string of the molecule is C=CCC(NC(=O)N(C)C)(C(C)=O)C(C)=O. The highest BCUT2D eigenvalue weighted by atomic mass is 16.2. The molecule has 16 heavy (non-hydrogen) atoms. The standard InChI is InChI=1S/C11H18N2O3/c1-6-7-11(8(2)14,9(3)15)12-10(16)13(4)5/h6H,1,7H2,2-5H3,(H,12,16). The van der Waals surface area contributed by atoms with Gasteiger partial charge in [0.15, 0.2) is 17.1 Å². The van der Waals surface area contributed by atoms with Gasteiger partial charge in [-0.1, -0.05) is 6.08 Å². The number of Topliss-reactive ketones (excluding diaryl/α,β-unsaturated/α-hetero) is 2. The van der Waals surface area contributed by atoms with E-state index in [0.29, 0.717) is 0 Å². The van der Waals surface area contributed by atoms with Crippen molar-refractivity contribution in [1.82, 2.24) is 10.2 Å². The first-order valence-corrected chi connectivity index (χ1v) is 4.90. The summed E-state index contributed by atoms with van der Waals surface area (Å²) in [6, 6.07) is -0.479. The van der Waals surface area contributed by atoms with Crippen LogP contribution in [0.4, 0.5) is 4.79 Å². The minimum atomic E-state index is -1.48. The van der Waals surface area contributed by atoms with Crippen molar-refractivity contribution in [2.24, 2.45) is 0 Å². The zero-order valence-electron chi connectivity index (χ0n) is 10.2. The molecule has 2 amide bonds. The van der Waals surface area contributed by atoms with Gasteiger partial charge < -0.3 is 10.2 Å². The molecular weight excluding hydrogens is 208 g/mol. The summed E-state index contributed by atoms with van der Waals surface area (Å²) in [7, 11) is 3.07. The van der Waals surface area contributed by atoms with Crippen LogP contribution in [0, 0.1) is 0 Å². The van der Waals surface area contributed by atoms with Crippen LogP contribution < -0.4 is 5.32 Å². The molecule has 0 unspecified atom stereocenters. The molecule has 0 spiro atoms. The third-order valence-electron chi connectivity index (χ3n) is 2.38. The molecule has 5 heteroatoms. The Morgan fingerprint density at radius 2 is 1.69 bits per heavy atom. The van der Waals surface area contributed by atoms with Crippen LogP contribution in [0.5, 0.6) is 0 Å². The molecule has 1 N–H and O–H groups in total. The van der Waals surface area contributed by atoms with E-state index in [1.54, 1.807) is 0 Å². The zero-order valence-corrected chi connectivity index (χ0v) is 10.2. The smallest absolute Gasteiger partial charge is 0.318 e. The van der Waals surface area contributed by atoms with Gasteiger partial charge >= 0.3 is 6.03 Å². The summed E-state index contributed by atoms with van der Waals surface area (Å²) >= 11 is 0. The lowest BCUT2D eigenvalue weighted by Crippen LogP contribution is -2.60. The topological polar surface area (TPSA) is 66.5 Å². The Morgan fingerprint density at radius 3 is 1.94 bits per heavy atom. The second-order valence-electron chi connectivity index (χ2n) is 3.84. The minimum Gasteiger partial charge on any atom is -0.331 e. The summed E-state index contributed by atoms with van der Waals surface area (Å²) in [4.78, 5) is 35.9. The molecular formula is C11H18N2O3. The first-order chi connectivity index (χ1) is 7.27. The number of hydrogen-bond donors (Lipinski definition) is 1. The number of rotatable bonds is 5. The maximum Gasteiger partial charge on any atom is 0.318 e. The van der Waals surface area contributed by atoms with Gasteiger partial charge in [0.2, 0.25) is 0 Å². The highest BCUT2D eigenvalue weighted by molar-refractivity contribution is 6.12. The van der Waals surface area contributed by atoms with Crippen LogP contribution in [0.2, 0.25) is 0 Å². The van der Waals surface area contributed by atoms with E-state index in [1.165, 1.54) is 38.9 Å². The van der Waals surface area contributed by atoms with E-state index in [4.69, 9.17) is 0 Å². The van der Waals surface area contributed by atoms with Crippen molar-refractivity contribution in [2.75, 3.05) is 14.1 Å². The summed E-state index contributed by atoms with van der Waals surface area (Å²) in [5, 5.41) is 2.45. The van der Waals surface area contributed by atoms with Crippen LogP contribution in [0.3, 0.4) is 0 Å². The lowest BCUT2D eigenvalue weighted by atomic mass is 9.87. The molecule has 0 aromatic rings. The van der Waals surface area contributed by atoms with E-state index in [-0.39, 0.29) is 6.42 Å². The molecule has 0 fully saturated rings. The number of amides is 2. The van der Waals surface area contributed by atoms with Gasteiger partial charge in [-0.05, 0) is 13.8 Å². The Balaban J connectivity index is 5.20. The zero-order chi connectivity index (χ0) is 12.9. The number of nitrogens with one attached hydrogen (secondary N) is 1. The van der Waals surface area contributed by atoms with Crippen molar-refractivity contribution >= 4 is 17.6 Å². The third-order valence-corrected chi connectivity index (χ3v) is 2.38. The largest absolute Gasteiger partial charge is 0.331 e. The monoisotopic (exact) mass is 226 g/mol. The summed E-state index contributed by atoms with van der Waals surface area (Å²) in [5.74, 6) is -0.787. The van der Waals surface area contributed by atoms with Gasteiger partial charge in [0, 0.05) is 20.5 Å². The average molecular weight is 226 g/mol. The van der Waals surface area contributed by atoms with Crippen LogP contribution >= 0.6 is 0 Å². The Morgan fingerprint density at radius 1 is 1.25 bits per heavy atom. The van der Waals surface area contributed by atoms with Gasteiger partial charge in [0.25, 0.3) is 0 Å². The molecule has 0 heterocycles. The van der Waals surface area contributed by atoms with Gasteiger partial charge in [-0.15, -0.1) is 6.58 Å². The molecule has 0 saturated heterocycles. The van der Waals surface area contributed by atoms with Crippen molar-refractivity contribution in [3.8, 4) is 0 Å². The molecule has 0 aliphatic rings. The maximum atomic E-state index is 11.6. The summed E-state index contributed by atoms with van der Waals surface area (Å²) in [6.07, 6.45) is 1.54. The Bertz CT molecular complexity index is 307. The lowest BCUT2D eigenvalue weighted by molar-refractivity contribution is -0.133. The van der Waals surface area contributed by atoms with E-state index >= 15 is 0 Å². The fourth-order valence-corrected chi connectivity index (χ4v) is 1.27. The van der Waals surface area contributed by atoms with Crippen molar-refractivity contribution in [1.29, 1.82) is 0 Å². The molecule has 90 valence electrons. The van der Waals surface area contributed by atoms with Crippen molar-refractivity contribution in [3.63, 3.8) is 0 Å². The van der Waals surface area contributed by atoms with Crippen LogP contribution in [0.1, 0.15) is 20.3 Å². The number of carbonyl (C=O) groups is 3. The summed E-state index contributed by atoms with van der Waals surface area (Å²) in [6.45, 7) is 6.05. The highest BCUT2D eigenvalue weighted by Gasteiger charge is 2.41. The second-order valence-corrected chi connectivity index (χ2v) is 3.84. The van der Waals surface area contributed by atoms with E-state index in [0.717, 1.165) is 0 Å². The van der Waals surface area contributed by atoms with Gasteiger partial charge in [-0.25, -0.2) is 4.79 Å². The molecule has 0 bridgehead atoms. The van der Waals surface area contributed by atoms with Crippen LogP contribution in [0.25, 0.3) is 0 Å². The van der Waals surface area contributed by atoms with Crippen LogP contribution in [0.15, 0.2) is 12.7 Å². The highest BCUT2D eigenvalue weighted by Crippen LogP contribution is 2.15. The Kier molecular flexibility index (Phi) is 4.88. The second kappa shape index (κ2) is 5.44. The van der Waals surface area contributed by atoms with Gasteiger partial charge in [-0.3, -0.25) is 9.59 Å². The fraction of sp³-hybridized carbons (Fsp3) is 0.545. The van der Waals surface area contributed by atoms with Crippen LogP contribution in [-0.4, -0.2) is 42.1 Å². The Hall–Kier alpha value is -1.65. The summed E-state index contributed by atoms with van der Waals surface area (Å²) < 4.78 is 0. The van der Waals surface area contributed by atoms with E-state index in [2.05, 4.69) is 11.9 Å². The predicted octanol–water partition coefficient (Wildman–Crippen LogP) is 0.750. The Labute approximate surface area is 95.5 Å². The minimum absolute atomic E-state index is 0.0945. The quantitative estimate of drug-likeness (QED) is 0.555. The van der Waals surface area contributed by atoms with Gasteiger partial charge in [0.05, 0.1) is 0 Å². The van der Waals surface area contributed by atoms with Gasteiger partial charge in [-0.2, -0.15) is 0 Å². The average Bonchev–Trinajstić information content (AvgIpc) is 2.15.